The molecule has 1 aliphatic heterocycles. The summed E-state index contributed by atoms with van der Waals surface area (Å²) in [5.41, 5.74) is 6.23. The number of hydrogen-bond acceptors (Lipinski definition) is 3. The molecule has 1 aliphatic rings. The molecule has 0 radical (unpaired) electrons. The van der Waals surface area contributed by atoms with Gasteiger partial charge < -0.3 is 15.2 Å². The molecule has 1 heterocycles. The third-order valence-corrected chi connectivity index (χ3v) is 1.66. The highest BCUT2D eigenvalue weighted by atomic mass is 16.7. The lowest BCUT2D eigenvalue weighted by Crippen LogP contribution is -2.03. The van der Waals surface area contributed by atoms with Crippen molar-refractivity contribution in [2.45, 2.75) is 6.92 Å². The molecular weight excluding hydrogens is 168 g/mol. The third-order valence-electron chi connectivity index (χ3n) is 1.66. The summed E-state index contributed by atoms with van der Waals surface area (Å²) < 4.78 is 10.3. The Morgan fingerprint density at radius 3 is 2.92 bits per heavy atom. The highest BCUT2D eigenvalue weighted by molar-refractivity contribution is 5.80. The minimum atomic E-state index is 0.282. The second-order valence-corrected chi connectivity index (χ2v) is 2.79. The Hall–Kier alpha value is -1.71. The normalized spacial score (nSPS) is 14.7. The van der Waals surface area contributed by atoms with E-state index in [1.165, 1.54) is 0 Å². The number of hydrogen-bond donors (Lipinski definition) is 1. The molecule has 2 N–H and O–H groups in total. The van der Waals surface area contributed by atoms with Gasteiger partial charge in [0.05, 0.1) is 11.5 Å². The lowest BCUT2D eigenvalue weighted by molar-refractivity contribution is 0.174. The van der Waals surface area contributed by atoms with E-state index in [0.29, 0.717) is 5.84 Å². The van der Waals surface area contributed by atoms with E-state index in [1.807, 2.05) is 12.1 Å². The van der Waals surface area contributed by atoms with Gasteiger partial charge in [0.1, 0.15) is 0 Å². The highest BCUT2D eigenvalue weighted by Crippen LogP contribution is 2.35. The second kappa shape index (κ2) is 2.97. The summed E-state index contributed by atoms with van der Waals surface area (Å²) in [6.07, 6.45) is 0. The smallest absolute Gasteiger partial charge is 0.231 e. The van der Waals surface area contributed by atoms with Crippen LogP contribution in [0, 0.1) is 0 Å². The molecule has 0 saturated carbocycles. The third kappa shape index (κ3) is 1.56. The summed E-state index contributed by atoms with van der Waals surface area (Å²) in [6, 6.07) is 5.46. The first-order valence-electron chi connectivity index (χ1n) is 3.96. The molecule has 0 aliphatic carbocycles. The number of nitrogens with two attached hydrogens (primary N) is 1. The first-order valence-corrected chi connectivity index (χ1v) is 3.96. The summed E-state index contributed by atoms with van der Waals surface area (Å²) in [5, 5.41) is 0. The number of nitrogens with zero attached hydrogens (tertiary/aromatic N) is 1. The summed E-state index contributed by atoms with van der Waals surface area (Å²) in [5.74, 6) is 2.01. The zero-order valence-corrected chi connectivity index (χ0v) is 7.28. The van der Waals surface area contributed by atoms with E-state index in [0.717, 1.165) is 17.2 Å². The number of amidine groups is 1. The number of ether oxygens (including phenoxy) is 2. The van der Waals surface area contributed by atoms with Gasteiger partial charge in [-0.05, 0) is 19.1 Å². The van der Waals surface area contributed by atoms with Crippen molar-refractivity contribution < 1.29 is 9.47 Å². The van der Waals surface area contributed by atoms with Crippen LogP contribution in [0.25, 0.3) is 0 Å². The average Bonchev–Trinajstić information content (AvgIpc) is 2.49. The van der Waals surface area contributed by atoms with Crippen molar-refractivity contribution in [1.29, 1.82) is 0 Å². The van der Waals surface area contributed by atoms with Gasteiger partial charge in [-0.25, -0.2) is 4.99 Å². The summed E-state index contributed by atoms with van der Waals surface area (Å²) in [7, 11) is 0. The topological polar surface area (TPSA) is 56.8 Å². The molecule has 1 aromatic rings. The fourth-order valence-corrected chi connectivity index (χ4v) is 1.16. The molecule has 0 fully saturated rings. The zero-order valence-electron chi connectivity index (χ0n) is 7.28. The Balaban J connectivity index is 2.36. The number of fused-ring (bicyclic) bond motifs is 1. The Morgan fingerprint density at radius 2 is 2.15 bits per heavy atom. The summed E-state index contributed by atoms with van der Waals surface area (Å²) in [6.45, 7) is 2.02. The van der Waals surface area contributed by atoms with Crippen LogP contribution < -0.4 is 15.2 Å². The average molecular weight is 178 g/mol. The van der Waals surface area contributed by atoms with Crippen LogP contribution >= 0.6 is 0 Å². The molecule has 0 aromatic heterocycles. The van der Waals surface area contributed by atoms with Crippen LogP contribution in [0.15, 0.2) is 23.2 Å². The molecule has 4 heteroatoms. The van der Waals surface area contributed by atoms with Gasteiger partial charge in [0.2, 0.25) is 6.79 Å². The summed E-state index contributed by atoms with van der Waals surface area (Å²) >= 11 is 0. The van der Waals surface area contributed by atoms with E-state index in [1.54, 1.807) is 13.0 Å². The predicted molar refractivity (Wildman–Crippen MR) is 49.5 cm³/mol. The number of benzene rings is 1. The predicted octanol–water partition coefficient (Wildman–Crippen LogP) is 1.42. The zero-order chi connectivity index (χ0) is 9.26. The minimum absolute atomic E-state index is 0.282. The molecule has 0 saturated heterocycles. The Morgan fingerprint density at radius 1 is 1.38 bits per heavy atom. The van der Waals surface area contributed by atoms with Gasteiger partial charge in [-0.3, -0.25) is 0 Å². The van der Waals surface area contributed by atoms with Crippen LogP contribution in [0.2, 0.25) is 0 Å². The minimum Gasteiger partial charge on any atom is -0.454 e. The number of rotatable bonds is 1. The van der Waals surface area contributed by atoms with Crippen molar-refractivity contribution in [2.24, 2.45) is 10.7 Å². The molecule has 13 heavy (non-hydrogen) atoms. The van der Waals surface area contributed by atoms with Crippen LogP contribution in [0.3, 0.4) is 0 Å². The van der Waals surface area contributed by atoms with E-state index in [4.69, 9.17) is 15.2 Å². The van der Waals surface area contributed by atoms with Crippen molar-refractivity contribution in [3.63, 3.8) is 0 Å². The van der Waals surface area contributed by atoms with E-state index in [9.17, 15) is 0 Å². The molecule has 0 spiro atoms. The van der Waals surface area contributed by atoms with E-state index >= 15 is 0 Å². The van der Waals surface area contributed by atoms with Crippen LogP contribution in [-0.4, -0.2) is 12.6 Å². The van der Waals surface area contributed by atoms with Crippen molar-refractivity contribution >= 4 is 11.5 Å². The maximum absolute atomic E-state index is 5.45. The molecule has 1 aromatic carbocycles. The van der Waals surface area contributed by atoms with Crippen LogP contribution in [-0.2, 0) is 0 Å². The fraction of sp³-hybridized carbons (Fsp3) is 0.222. The maximum atomic E-state index is 5.45. The number of aliphatic imine (C=N–C) groups is 1. The van der Waals surface area contributed by atoms with Crippen LogP contribution in [0.4, 0.5) is 5.69 Å². The highest BCUT2D eigenvalue weighted by Gasteiger charge is 2.12. The molecular formula is C9H10N2O2. The van der Waals surface area contributed by atoms with Crippen molar-refractivity contribution in [2.75, 3.05) is 6.79 Å². The van der Waals surface area contributed by atoms with E-state index in [2.05, 4.69) is 4.99 Å². The molecule has 0 unspecified atom stereocenters. The maximum Gasteiger partial charge on any atom is 0.231 e. The Kier molecular flexibility index (Phi) is 1.81. The van der Waals surface area contributed by atoms with Crippen LogP contribution in [0.5, 0.6) is 11.5 Å². The quantitative estimate of drug-likeness (QED) is 0.522. The van der Waals surface area contributed by atoms with Crippen molar-refractivity contribution in [1.82, 2.24) is 0 Å². The fourth-order valence-electron chi connectivity index (χ4n) is 1.16. The van der Waals surface area contributed by atoms with Gasteiger partial charge >= 0.3 is 0 Å². The van der Waals surface area contributed by atoms with Gasteiger partial charge in [-0.1, -0.05) is 0 Å². The first kappa shape index (κ1) is 7.91. The van der Waals surface area contributed by atoms with Gasteiger partial charge in [0.25, 0.3) is 0 Å². The first-order chi connectivity index (χ1) is 6.25. The lowest BCUT2D eigenvalue weighted by atomic mass is 10.3. The van der Waals surface area contributed by atoms with Crippen LogP contribution in [0.1, 0.15) is 6.92 Å². The molecule has 68 valence electrons. The SMILES string of the molecule is CC(N)=Nc1ccc2c(c1)OCO2. The Bertz CT molecular complexity index is 357. The molecule has 2 rings (SSSR count). The largest absolute Gasteiger partial charge is 0.454 e. The molecule has 0 bridgehead atoms. The summed E-state index contributed by atoms with van der Waals surface area (Å²) in [4.78, 5) is 4.10. The van der Waals surface area contributed by atoms with Gasteiger partial charge in [0.15, 0.2) is 11.5 Å². The standard InChI is InChI=1S/C9H10N2O2/c1-6(10)11-7-2-3-8-9(4-7)13-5-12-8/h2-4H,5H2,1H3,(H2,10,11). The molecule has 0 atom stereocenters. The second-order valence-electron chi connectivity index (χ2n) is 2.79. The molecule has 0 amide bonds. The Labute approximate surface area is 76.0 Å². The molecule has 4 nitrogen and oxygen atoms in total. The van der Waals surface area contributed by atoms with Crippen molar-refractivity contribution in [3.05, 3.63) is 18.2 Å². The van der Waals surface area contributed by atoms with Gasteiger partial charge in [-0.2, -0.15) is 0 Å². The van der Waals surface area contributed by atoms with E-state index < -0.39 is 0 Å². The van der Waals surface area contributed by atoms with Gasteiger partial charge in [0, 0.05) is 6.07 Å². The van der Waals surface area contributed by atoms with Crippen molar-refractivity contribution in [3.8, 4) is 11.5 Å². The van der Waals surface area contributed by atoms with Gasteiger partial charge in [-0.15, -0.1) is 0 Å². The lowest BCUT2D eigenvalue weighted by Gasteiger charge is -1.97. The monoisotopic (exact) mass is 178 g/mol. The van der Waals surface area contributed by atoms with E-state index in [-0.39, 0.29) is 6.79 Å².